The first kappa shape index (κ1) is 23.6. The molecule has 7 nitrogen and oxygen atoms in total. The van der Waals surface area contributed by atoms with Gasteiger partial charge in [0.05, 0.1) is 38.7 Å². The largest absolute Gasteiger partial charge is 0.493 e. The average Bonchev–Trinajstić information content (AvgIpc) is 3.35. The number of furan rings is 1. The van der Waals surface area contributed by atoms with Crippen LogP contribution in [0.3, 0.4) is 0 Å². The second-order valence-electron chi connectivity index (χ2n) is 8.34. The SMILES string of the molecule is O=C(O)CCCCCOc1ccccc1CN(C(=O)c1ccc(-c2ccco2)cc1)C1COC1. The van der Waals surface area contributed by atoms with E-state index in [0.717, 1.165) is 35.5 Å². The van der Waals surface area contributed by atoms with E-state index in [9.17, 15) is 9.59 Å². The summed E-state index contributed by atoms with van der Waals surface area (Å²) in [7, 11) is 0. The number of aliphatic carboxylic acids is 1. The van der Waals surface area contributed by atoms with E-state index in [-0.39, 0.29) is 18.4 Å². The zero-order valence-corrected chi connectivity index (χ0v) is 19.0. The first-order valence-corrected chi connectivity index (χ1v) is 11.6. The highest BCUT2D eigenvalue weighted by Crippen LogP contribution is 2.26. The number of unbranched alkanes of at least 4 members (excludes halogenated alkanes) is 2. The molecule has 1 amide bonds. The number of carbonyl (C=O) groups is 2. The lowest BCUT2D eigenvalue weighted by Gasteiger charge is -2.37. The summed E-state index contributed by atoms with van der Waals surface area (Å²) in [5.74, 6) is 0.679. The molecule has 1 aromatic heterocycles. The minimum atomic E-state index is -0.772. The van der Waals surface area contributed by atoms with Crippen molar-refractivity contribution in [1.82, 2.24) is 4.90 Å². The third-order valence-corrected chi connectivity index (χ3v) is 5.87. The van der Waals surface area contributed by atoms with Gasteiger partial charge >= 0.3 is 5.97 Å². The number of ether oxygens (including phenoxy) is 2. The summed E-state index contributed by atoms with van der Waals surface area (Å²) in [5, 5.41) is 8.75. The fourth-order valence-corrected chi connectivity index (χ4v) is 3.85. The van der Waals surface area contributed by atoms with Crippen LogP contribution in [-0.4, -0.2) is 47.7 Å². The smallest absolute Gasteiger partial charge is 0.303 e. The van der Waals surface area contributed by atoms with Gasteiger partial charge in [-0.15, -0.1) is 0 Å². The van der Waals surface area contributed by atoms with Gasteiger partial charge in [0.1, 0.15) is 11.5 Å². The van der Waals surface area contributed by atoms with Gasteiger partial charge in [-0.2, -0.15) is 0 Å². The monoisotopic (exact) mass is 463 g/mol. The number of para-hydroxylation sites is 1. The second kappa shape index (κ2) is 11.5. The maximum atomic E-state index is 13.4. The van der Waals surface area contributed by atoms with Crippen molar-refractivity contribution in [3.8, 4) is 17.1 Å². The number of hydrogen-bond donors (Lipinski definition) is 1. The Morgan fingerprint density at radius 3 is 2.44 bits per heavy atom. The number of nitrogens with zero attached hydrogens (tertiary/aromatic N) is 1. The van der Waals surface area contributed by atoms with E-state index in [2.05, 4.69) is 0 Å². The van der Waals surface area contributed by atoms with E-state index in [1.54, 1.807) is 6.26 Å². The highest BCUT2D eigenvalue weighted by atomic mass is 16.5. The molecular weight excluding hydrogens is 434 g/mol. The third kappa shape index (κ3) is 6.05. The van der Waals surface area contributed by atoms with E-state index < -0.39 is 5.97 Å². The van der Waals surface area contributed by atoms with E-state index >= 15 is 0 Å². The third-order valence-electron chi connectivity index (χ3n) is 5.87. The first-order chi connectivity index (χ1) is 16.6. The maximum absolute atomic E-state index is 13.4. The van der Waals surface area contributed by atoms with Crippen molar-refractivity contribution in [1.29, 1.82) is 0 Å². The minimum absolute atomic E-state index is 0.0151. The number of carboxylic acid groups (broad SMARTS) is 1. The number of carbonyl (C=O) groups excluding carboxylic acids is 1. The summed E-state index contributed by atoms with van der Waals surface area (Å²) < 4.78 is 16.8. The lowest BCUT2D eigenvalue weighted by atomic mass is 10.1. The molecule has 1 fully saturated rings. The van der Waals surface area contributed by atoms with Crippen LogP contribution in [0.4, 0.5) is 0 Å². The van der Waals surface area contributed by atoms with E-state index in [1.807, 2.05) is 65.6 Å². The molecule has 0 bridgehead atoms. The highest BCUT2D eigenvalue weighted by molar-refractivity contribution is 5.95. The van der Waals surface area contributed by atoms with Gasteiger partial charge in [0.15, 0.2) is 0 Å². The quantitative estimate of drug-likeness (QED) is 0.380. The minimum Gasteiger partial charge on any atom is -0.493 e. The van der Waals surface area contributed by atoms with Gasteiger partial charge in [-0.1, -0.05) is 30.3 Å². The Hall–Kier alpha value is -3.58. The summed E-state index contributed by atoms with van der Waals surface area (Å²) in [6.07, 6.45) is 4.03. The van der Waals surface area contributed by atoms with Crippen molar-refractivity contribution in [3.63, 3.8) is 0 Å². The summed E-state index contributed by atoms with van der Waals surface area (Å²) in [6.45, 7) is 1.96. The Bertz CT molecular complexity index is 1070. The van der Waals surface area contributed by atoms with E-state index in [1.165, 1.54) is 0 Å². The van der Waals surface area contributed by atoms with Crippen molar-refractivity contribution < 1.29 is 28.6 Å². The number of benzene rings is 2. The van der Waals surface area contributed by atoms with Gasteiger partial charge in [-0.25, -0.2) is 0 Å². The molecule has 0 spiro atoms. The molecule has 3 aromatic rings. The van der Waals surface area contributed by atoms with Crippen molar-refractivity contribution in [2.45, 2.75) is 38.3 Å². The van der Waals surface area contributed by atoms with Crippen LogP contribution < -0.4 is 4.74 Å². The lowest BCUT2D eigenvalue weighted by Crippen LogP contribution is -2.51. The van der Waals surface area contributed by atoms with Crippen LogP contribution >= 0.6 is 0 Å². The first-order valence-electron chi connectivity index (χ1n) is 11.6. The Kier molecular flexibility index (Phi) is 7.99. The van der Waals surface area contributed by atoms with Crippen molar-refractivity contribution >= 4 is 11.9 Å². The van der Waals surface area contributed by atoms with Crippen LogP contribution in [0.5, 0.6) is 5.75 Å². The van der Waals surface area contributed by atoms with Gasteiger partial charge < -0.3 is 23.9 Å². The molecule has 0 aliphatic carbocycles. The molecule has 0 atom stereocenters. The van der Waals surface area contributed by atoms with E-state index in [0.29, 0.717) is 38.3 Å². The molecule has 1 aliphatic heterocycles. The molecule has 2 heterocycles. The van der Waals surface area contributed by atoms with Crippen molar-refractivity contribution in [2.75, 3.05) is 19.8 Å². The maximum Gasteiger partial charge on any atom is 0.303 e. The number of hydrogen-bond acceptors (Lipinski definition) is 5. The summed E-state index contributed by atoms with van der Waals surface area (Å²) in [4.78, 5) is 25.9. The predicted molar refractivity (Wildman–Crippen MR) is 127 cm³/mol. The Morgan fingerprint density at radius 1 is 0.971 bits per heavy atom. The zero-order valence-electron chi connectivity index (χ0n) is 19.0. The lowest BCUT2D eigenvalue weighted by molar-refractivity contribution is -0.137. The predicted octanol–water partition coefficient (Wildman–Crippen LogP) is 5.01. The van der Waals surface area contributed by atoms with Gasteiger partial charge in [0.2, 0.25) is 0 Å². The summed E-state index contributed by atoms with van der Waals surface area (Å²) in [6, 6.07) is 18.9. The second-order valence-corrected chi connectivity index (χ2v) is 8.34. The van der Waals surface area contributed by atoms with Gasteiger partial charge in [0.25, 0.3) is 5.91 Å². The van der Waals surface area contributed by atoms with Gasteiger partial charge in [-0.3, -0.25) is 9.59 Å². The van der Waals surface area contributed by atoms with Crippen LogP contribution in [0, 0.1) is 0 Å². The Morgan fingerprint density at radius 2 is 1.76 bits per heavy atom. The molecule has 2 aromatic carbocycles. The Balaban J connectivity index is 1.42. The zero-order chi connectivity index (χ0) is 23.8. The number of carboxylic acids is 1. The molecule has 1 aliphatic rings. The van der Waals surface area contributed by atoms with Crippen molar-refractivity contribution in [3.05, 3.63) is 78.1 Å². The highest BCUT2D eigenvalue weighted by Gasteiger charge is 2.31. The van der Waals surface area contributed by atoms with Crippen LogP contribution in [0.25, 0.3) is 11.3 Å². The standard InChI is InChI=1S/C27H29NO6/c29-26(30)10-2-1-5-15-33-25-8-4-3-7-22(25)17-28(23-18-32-19-23)27(31)21-13-11-20(12-14-21)24-9-6-16-34-24/h3-4,6-9,11-14,16,23H,1-2,5,10,15,17-19H2,(H,29,30). The van der Waals surface area contributed by atoms with E-state index in [4.69, 9.17) is 19.0 Å². The Labute approximate surface area is 198 Å². The average molecular weight is 464 g/mol. The molecule has 0 saturated carbocycles. The summed E-state index contributed by atoms with van der Waals surface area (Å²) >= 11 is 0. The van der Waals surface area contributed by atoms with Gasteiger partial charge in [0, 0.05) is 23.1 Å². The molecule has 4 rings (SSSR count). The number of amides is 1. The van der Waals surface area contributed by atoms with Crippen LogP contribution in [0.1, 0.15) is 41.6 Å². The molecule has 0 radical (unpaired) electrons. The molecule has 178 valence electrons. The van der Waals surface area contributed by atoms with Crippen LogP contribution in [0.2, 0.25) is 0 Å². The molecule has 1 N–H and O–H groups in total. The topological polar surface area (TPSA) is 89.2 Å². The molecule has 34 heavy (non-hydrogen) atoms. The van der Waals surface area contributed by atoms with Crippen molar-refractivity contribution in [2.24, 2.45) is 0 Å². The molecular formula is C27H29NO6. The molecule has 1 saturated heterocycles. The summed E-state index contributed by atoms with van der Waals surface area (Å²) in [5.41, 5.74) is 2.46. The van der Waals surface area contributed by atoms with Crippen LogP contribution in [0.15, 0.2) is 71.3 Å². The van der Waals surface area contributed by atoms with Crippen LogP contribution in [-0.2, 0) is 16.1 Å². The molecule has 7 heteroatoms. The normalized spacial score (nSPS) is 13.3. The molecule has 0 unspecified atom stereocenters. The fourth-order valence-electron chi connectivity index (χ4n) is 3.85. The fraction of sp³-hybridized carbons (Fsp3) is 0.333. The van der Waals surface area contributed by atoms with Gasteiger partial charge in [-0.05, 0) is 49.6 Å². The number of rotatable bonds is 12.